The van der Waals surface area contributed by atoms with Gasteiger partial charge in [-0.3, -0.25) is 4.79 Å². The first-order valence-corrected chi connectivity index (χ1v) is 7.62. The molecule has 1 aliphatic heterocycles. The Labute approximate surface area is 129 Å². The van der Waals surface area contributed by atoms with Crippen molar-refractivity contribution in [3.05, 3.63) is 35.9 Å². The van der Waals surface area contributed by atoms with Crippen molar-refractivity contribution in [1.82, 2.24) is 19.7 Å². The highest BCUT2D eigenvalue weighted by Crippen LogP contribution is 2.18. The van der Waals surface area contributed by atoms with Gasteiger partial charge in [0.15, 0.2) is 5.82 Å². The summed E-state index contributed by atoms with van der Waals surface area (Å²) in [5.74, 6) is 1.80. The topological polar surface area (TPSA) is 60.2 Å². The second-order valence-electron chi connectivity index (χ2n) is 5.31. The molecule has 0 bridgehead atoms. The van der Waals surface area contributed by atoms with Gasteiger partial charge in [-0.1, -0.05) is 6.92 Å². The number of aromatic nitrogens is 3. The normalized spacial score (nSPS) is 14.4. The number of rotatable bonds is 4. The number of likely N-dealkylation sites (tertiary alicyclic amines) is 1. The molecule has 1 saturated heterocycles. The Morgan fingerprint density at radius 3 is 2.50 bits per heavy atom. The number of hydrogen-bond donors (Lipinski definition) is 0. The van der Waals surface area contributed by atoms with Crippen LogP contribution in [0.5, 0.6) is 5.75 Å². The summed E-state index contributed by atoms with van der Waals surface area (Å²) in [6.45, 7) is 3.59. The van der Waals surface area contributed by atoms with E-state index in [2.05, 4.69) is 10.1 Å². The molecule has 3 rings (SSSR count). The third-order valence-electron chi connectivity index (χ3n) is 3.87. The molecular formula is C16H20N4O2. The second-order valence-corrected chi connectivity index (χ2v) is 5.31. The zero-order chi connectivity index (χ0) is 15.5. The summed E-state index contributed by atoms with van der Waals surface area (Å²) in [6, 6.07) is 7.47. The first-order chi connectivity index (χ1) is 10.7. The molecule has 0 spiro atoms. The van der Waals surface area contributed by atoms with Crippen LogP contribution in [0, 0.1) is 0 Å². The fourth-order valence-electron chi connectivity index (χ4n) is 2.61. The Morgan fingerprint density at radius 2 is 1.91 bits per heavy atom. The number of ether oxygens (including phenoxy) is 1. The van der Waals surface area contributed by atoms with E-state index >= 15 is 0 Å². The molecule has 0 unspecified atom stereocenters. The summed E-state index contributed by atoms with van der Waals surface area (Å²) < 4.78 is 6.81. The largest absolute Gasteiger partial charge is 0.497 e. The van der Waals surface area contributed by atoms with Crippen molar-refractivity contribution < 1.29 is 9.53 Å². The number of methoxy groups -OCH3 is 1. The zero-order valence-electron chi connectivity index (χ0n) is 13.0. The van der Waals surface area contributed by atoms with Crippen molar-refractivity contribution in [3.63, 3.8) is 0 Å². The van der Waals surface area contributed by atoms with Crippen LogP contribution in [0.15, 0.2) is 24.3 Å². The maximum Gasteiger partial charge on any atom is 0.291 e. The SMILES string of the molecule is CCc1nc(C(=O)N2CCCC2)n(-c2ccc(OC)cc2)n1. The molecule has 1 aromatic carbocycles. The Morgan fingerprint density at radius 1 is 1.23 bits per heavy atom. The fraction of sp³-hybridized carbons (Fsp3) is 0.438. The predicted molar refractivity (Wildman–Crippen MR) is 82.4 cm³/mol. The molecule has 22 heavy (non-hydrogen) atoms. The van der Waals surface area contributed by atoms with Crippen molar-refractivity contribution >= 4 is 5.91 Å². The smallest absolute Gasteiger partial charge is 0.291 e. The van der Waals surface area contributed by atoms with E-state index in [0.717, 1.165) is 37.4 Å². The molecular weight excluding hydrogens is 280 g/mol. The molecule has 2 aromatic rings. The number of benzene rings is 1. The van der Waals surface area contributed by atoms with Crippen molar-refractivity contribution in [2.45, 2.75) is 26.2 Å². The van der Waals surface area contributed by atoms with Crippen molar-refractivity contribution in [2.24, 2.45) is 0 Å². The molecule has 0 saturated carbocycles. The van der Waals surface area contributed by atoms with E-state index in [-0.39, 0.29) is 5.91 Å². The van der Waals surface area contributed by atoms with Crippen LogP contribution >= 0.6 is 0 Å². The van der Waals surface area contributed by atoms with Gasteiger partial charge >= 0.3 is 0 Å². The van der Waals surface area contributed by atoms with Gasteiger partial charge in [0.05, 0.1) is 12.8 Å². The van der Waals surface area contributed by atoms with Crippen molar-refractivity contribution in [3.8, 4) is 11.4 Å². The fourth-order valence-corrected chi connectivity index (χ4v) is 2.61. The van der Waals surface area contributed by atoms with E-state index < -0.39 is 0 Å². The van der Waals surface area contributed by atoms with Gasteiger partial charge < -0.3 is 9.64 Å². The number of amides is 1. The quantitative estimate of drug-likeness (QED) is 0.867. The predicted octanol–water partition coefficient (Wildman–Crippen LogP) is 2.07. The lowest BCUT2D eigenvalue weighted by atomic mass is 10.3. The van der Waals surface area contributed by atoms with Crippen molar-refractivity contribution in [1.29, 1.82) is 0 Å². The Hall–Kier alpha value is -2.37. The minimum Gasteiger partial charge on any atom is -0.497 e. The maximum atomic E-state index is 12.7. The van der Waals surface area contributed by atoms with Gasteiger partial charge in [-0.05, 0) is 37.1 Å². The standard InChI is InChI=1S/C16H20N4O2/c1-3-14-17-15(16(21)19-10-4-5-11-19)20(18-14)12-6-8-13(22-2)9-7-12/h6-9H,3-5,10-11H2,1-2H3. The molecule has 0 N–H and O–H groups in total. The van der Waals surface area contributed by atoms with Gasteiger partial charge in [0.25, 0.3) is 5.91 Å². The van der Waals surface area contributed by atoms with E-state index in [1.807, 2.05) is 36.1 Å². The number of carbonyl (C=O) groups is 1. The summed E-state index contributed by atoms with van der Waals surface area (Å²) in [5, 5.41) is 4.46. The highest BCUT2D eigenvalue weighted by atomic mass is 16.5. The lowest BCUT2D eigenvalue weighted by Gasteiger charge is -2.15. The highest BCUT2D eigenvalue weighted by Gasteiger charge is 2.25. The summed E-state index contributed by atoms with van der Waals surface area (Å²) in [7, 11) is 1.63. The molecule has 6 heteroatoms. The summed E-state index contributed by atoms with van der Waals surface area (Å²) in [4.78, 5) is 18.9. The lowest BCUT2D eigenvalue weighted by Crippen LogP contribution is -2.30. The van der Waals surface area contributed by atoms with Crippen LogP contribution in [0.3, 0.4) is 0 Å². The number of aryl methyl sites for hydroxylation is 1. The minimum atomic E-state index is -0.0412. The van der Waals surface area contributed by atoms with Gasteiger partial charge in [-0.25, -0.2) is 9.67 Å². The molecule has 1 fully saturated rings. The Bertz CT molecular complexity index is 657. The molecule has 6 nitrogen and oxygen atoms in total. The first kappa shape index (κ1) is 14.6. The van der Waals surface area contributed by atoms with Crippen LogP contribution in [0.2, 0.25) is 0 Å². The van der Waals surface area contributed by atoms with Gasteiger partial charge in [0, 0.05) is 19.5 Å². The zero-order valence-corrected chi connectivity index (χ0v) is 13.0. The molecule has 1 aromatic heterocycles. The second kappa shape index (κ2) is 6.17. The molecule has 116 valence electrons. The van der Waals surface area contributed by atoms with E-state index in [9.17, 15) is 4.79 Å². The third-order valence-corrected chi connectivity index (χ3v) is 3.87. The Kier molecular flexibility index (Phi) is 4.09. The van der Waals surface area contributed by atoms with Gasteiger partial charge in [-0.15, -0.1) is 0 Å². The molecule has 1 amide bonds. The van der Waals surface area contributed by atoms with Gasteiger partial charge in [0.2, 0.25) is 5.82 Å². The molecule has 0 radical (unpaired) electrons. The van der Waals surface area contributed by atoms with Gasteiger partial charge in [-0.2, -0.15) is 5.10 Å². The molecule has 2 heterocycles. The van der Waals surface area contributed by atoms with Crippen LogP contribution in [0.1, 0.15) is 36.2 Å². The summed E-state index contributed by atoms with van der Waals surface area (Å²) in [6.07, 6.45) is 2.82. The third kappa shape index (κ3) is 2.68. The molecule has 1 aliphatic rings. The first-order valence-electron chi connectivity index (χ1n) is 7.62. The molecule has 0 atom stereocenters. The number of hydrogen-bond acceptors (Lipinski definition) is 4. The van der Waals surface area contributed by atoms with E-state index in [1.54, 1.807) is 11.8 Å². The average molecular weight is 300 g/mol. The van der Waals surface area contributed by atoms with Crippen molar-refractivity contribution in [2.75, 3.05) is 20.2 Å². The van der Waals surface area contributed by atoms with Crippen LogP contribution in [0.25, 0.3) is 5.69 Å². The monoisotopic (exact) mass is 300 g/mol. The average Bonchev–Trinajstić information content (AvgIpc) is 3.23. The van der Waals surface area contributed by atoms with Gasteiger partial charge in [0.1, 0.15) is 5.75 Å². The minimum absolute atomic E-state index is 0.0412. The van der Waals surface area contributed by atoms with Crippen LogP contribution in [-0.4, -0.2) is 45.8 Å². The summed E-state index contributed by atoms with van der Waals surface area (Å²) >= 11 is 0. The number of nitrogens with zero attached hydrogens (tertiary/aromatic N) is 4. The van der Waals surface area contributed by atoms with Crippen LogP contribution in [-0.2, 0) is 6.42 Å². The van der Waals surface area contributed by atoms with Crippen LogP contribution in [0.4, 0.5) is 0 Å². The molecule has 0 aliphatic carbocycles. The summed E-state index contributed by atoms with van der Waals surface area (Å²) in [5.41, 5.74) is 0.815. The maximum absolute atomic E-state index is 12.7. The Balaban J connectivity index is 1.98. The highest BCUT2D eigenvalue weighted by molar-refractivity contribution is 5.91. The van der Waals surface area contributed by atoms with E-state index in [1.165, 1.54) is 0 Å². The van der Waals surface area contributed by atoms with E-state index in [0.29, 0.717) is 18.1 Å². The van der Waals surface area contributed by atoms with E-state index in [4.69, 9.17) is 4.74 Å². The number of carbonyl (C=O) groups excluding carboxylic acids is 1. The lowest BCUT2D eigenvalue weighted by molar-refractivity contribution is 0.0778. The van der Waals surface area contributed by atoms with Crippen LogP contribution < -0.4 is 4.74 Å².